The molecule has 0 spiro atoms. The third-order valence-corrected chi connectivity index (χ3v) is 5.17. The number of hydrogen-bond acceptors (Lipinski definition) is 5. The summed E-state index contributed by atoms with van der Waals surface area (Å²) in [6, 6.07) is 6.38. The van der Waals surface area contributed by atoms with E-state index in [4.69, 9.17) is 9.15 Å². The van der Waals surface area contributed by atoms with Crippen molar-refractivity contribution in [3.8, 4) is 0 Å². The molecule has 4 nitrogen and oxygen atoms in total. The van der Waals surface area contributed by atoms with Gasteiger partial charge in [-0.3, -0.25) is 4.90 Å². The molecule has 2 aromatic heterocycles. The van der Waals surface area contributed by atoms with Crippen LogP contribution in [0.5, 0.6) is 0 Å². The summed E-state index contributed by atoms with van der Waals surface area (Å²) in [5.74, 6) is 0.791. The van der Waals surface area contributed by atoms with E-state index < -0.39 is 6.10 Å². The summed E-state index contributed by atoms with van der Waals surface area (Å²) in [7, 11) is 0. The molecule has 0 saturated carbocycles. The third kappa shape index (κ3) is 3.60. The zero-order valence-corrected chi connectivity index (χ0v) is 13.7. The largest absolute Gasteiger partial charge is 0.467 e. The summed E-state index contributed by atoms with van der Waals surface area (Å²) < 4.78 is 10.8. The average Bonchev–Trinajstić information content (AvgIpc) is 3.17. The Balaban J connectivity index is 1.49. The van der Waals surface area contributed by atoms with Crippen LogP contribution in [0.4, 0.5) is 0 Å². The molecule has 0 bridgehead atoms. The van der Waals surface area contributed by atoms with Gasteiger partial charge in [0, 0.05) is 24.0 Å². The fourth-order valence-electron chi connectivity index (χ4n) is 3.16. The van der Waals surface area contributed by atoms with Gasteiger partial charge in [0.15, 0.2) is 0 Å². The van der Waals surface area contributed by atoms with Crippen LogP contribution in [-0.2, 0) is 17.8 Å². The number of aliphatic hydroxyl groups excluding tert-OH is 1. The Hall–Kier alpha value is -1.14. The van der Waals surface area contributed by atoms with Crippen LogP contribution in [0.3, 0.4) is 0 Å². The van der Waals surface area contributed by atoms with Gasteiger partial charge in [-0.2, -0.15) is 0 Å². The number of furan rings is 1. The van der Waals surface area contributed by atoms with Crippen molar-refractivity contribution < 1.29 is 14.3 Å². The summed E-state index contributed by atoms with van der Waals surface area (Å²) in [5, 5.41) is 12.4. The van der Waals surface area contributed by atoms with E-state index in [1.54, 1.807) is 6.26 Å². The minimum atomic E-state index is -0.468. The average molecular weight is 321 g/mol. The normalized spacial score (nSPS) is 20.0. The number of thiophene rings is 1. The third-order valence-electron chi connectivity index (χ3n) is 4.17. The molecular weight excluding hydrogens is 298 g/mol. The minimum Gasteiger partial charge on any atom is -0.467 e. The molecule has 2 atom stereocenters. The summed E-state index contributed by atoms with van der Waals surface area (Å²) in [4.78, 5) is 3.89. The van der Waals surface area contributed by atoms with Crippen LogP contribution >= 0.6 is 11.3 Å². The molecule has 1 N–H and O–H groups in total. The van der Waals surface area contributed by atoms with Crippen molar-refractivity contribution >= 4 is 11.3 Å². The second-order valence-electron chi connectivity index (χ2n) is 5.72. The molecule has 0 saturated heterocycles. The van der Waals surface area contributed by atoms with E-state index in [0.717, 1.165) is 25.1 Å². The molecule has 0 aromatic carbocycles. The summed E-state index contributed by atoms with van der Waals surface area (Å²) >= 11 is 1.85. The number of hydrogen-bond donors (Lipinski definition) is 1. The molecule has 5 heteroatoms. The van der Waals surface area contributed by atoms with Gasteiger partial charge in [0.1, 0.15) is 12.4 Å². The van der Waals surface area contributed by atoms with E-state index in [9.17, 15) is 5.11 Å². The zero-order chi connectivity index (χ0) is 15.4. The van der Waals surface area contributed by atoms with E-state index in [0.29, 0.717) is 25.8 Å². The lowest BCUT2D eigenvalue weighted by molar-refractivity contribution is -0.00377. The number of β-amino-alcohol motifs (C(OH)–C–C–N with tert-alkyl or cyclic N) is 1. The Kier molecular flexibility index (Phi) is 5.31. The second-order valence-corrected chi connectivity index (χ2v) is 6.72. The second kappa shape index (κ2) is 7.42. The minimum absolute atomic E-state index is 0.337. The number of aliphatic hydroxyl groups is 1. The maximum absolute atomic E-state index is 10.2. The highest BCUT2D eigenvalue weighted by Gasteiger charge is 2.28. The number of rotatable bonds is 7. The van der Waals surface area contributed by atoms with Gasteiger partial charge in [-0.05, 0) is 42.0 Å². The van der Waals surface area contributed by atoms with E-state index in [1.807, 2.05) is 23.5 Å². The van der Waals surface area contributed by atoms with Gasteiger partial charge in [-0.15, -0.1) is 11.3 Å². The zero-order valence-electron chi connectivity index (χ0n) is 12.9. The molecule has 0 radical (unpaired) electrons. The number of nitrogens with zero attached hydrogens (tertiary/aromatic N) is 1. The molecule has 0 aliphatic carbocycles. The van der Waals surface area contributed by atoms with Crippen LogP contribution in [0.15, 0.2) is 34.3 Å². The SMILES string of the molecule is CC[C@@H]1c2ccsc2CCN1C[C@@H](O)COCc1ccco1. The van der Waals surface area contributed by atoms with E-state index >= 15 is 0 Å². The highest BCUT2D eigenvalue weighted by Crippen LogP contribution is 2.35. The number of fused-ring (bicyclic) bond motifs is 1. The first-order chi connectivity index (χ1) is 10.8. The van der Waals surface area contributed by atoms with Crippen LogP contribution in [0.2, 0.25) is 0 Å². The summed E-state index contributed by atoms with van der Waals surface area (Å²) in [6.07, 6.45) is 3.32. The van der Waals surface area contributed by atoms with Crippen molar-refractivity contribution in [2.45, 2.75) is 38.5 Å². The molecule has 3 rings (SSSR count). The van der Waals surface area contributed by atoms with Gasteiger partial charge < -0.3 is 14.3 Å². The summed E-state index contributed by atoms with van der Waals surface area (Å²) in [5.41, 5.74) is 1.45. The van der Waals surface area contributed by atoms with Crippen LogP contribution in [0.1, 0.15) is 35.6 Å². The van der Waals surface area contributed by atoms with Gasteiger partial charge in [-0.25, -0.2) is 0 Å². The molecule has 0 fully saturated rings. The molecule has 3 heterocycles. The van der Waals surface area contributed by atoms with Gasteiger partial charge in [0.2, 0.25) is 0 Å². The Morgan fingerprint density at radius 3 is 3.18 bits per heavy atom. The molecule has 2 aromatic rings. The predicted molar refractivity (Wildman–Crippen MR) is 87.0 cm³/mol. The number of ether oxygens (including phenoxy) is 1. The van der Waals surface area contributed by atoms with Gasteiger partial charge in [0.05, 0.1) is 19.0 Å². The topological polar surface area (TPSA) is 45.8 Å². The van der Waals surface area contributed by atoms with Crippen molar-refractivity contribution in [2.75, 3.05) is 19.7 Å². The molecule has 22 heavy (non-hydrogen) atoms. The van der Waals surface area contributed by atoms with Crippen molar-refractivity contribution in [3.63, 3.8) is 0 Å². The lowest BCUT2D eigenvalue weighted by Gasteiger charge is -2.36. The van der Waals surface area contributed by atoms with Crippen molar-refractivity contribution in [2.24, 2.45) is 0 Å². The maximum atomic E-state index is 10.2. The molecule has 1 aliphatic heterocycles. The van der Waals surface area contributed by atoms with E-state index in [-0.39, 0.29) is 0 Å². The Bertz CT molecular complexity index is 566. The first-order valence-corrected chi connectivity index (χ1v) is 8.74. The molecule has 1 aliphatic rings. The van der Waals surface area contributed by atoms with Crippen LogP contribution in [0.25, 0.3) is 0 Å². The van der Waals surface area contributed by atoms with Gasteiger partial charge in [-0.1, -0.05) is 6.92 Å². The first-order valence-electron chi connectivity index (χ1n) is 7.86. The van der Waals surface area contributed by atoms with Gasteiger partial charge in [0.25, 0.3) is 0 Å². The molecular formula is C17H23NO3S. The highest BCUT2D eigenvalue weighted by atomic mass is 32.1. The van der Waals surface area contributed by atoms with E-state index in [1.165, 1.54) is 10.4 Å². The quantitative estimate of drug-likeness (QED) is 0.850. The van der Waals surface area contributed by atoms with Crippen LogP contribution in [-0.4, -0.2) is 35.8 Å². The predicted octanol–water partition coefficient (Wildman–Crippen LogP) is 3.23. The fourth-order valence-corrected chi connectivity index (χ4v) is 4.09. The smallest absolute Gasteiger partial charge is 0.129 e. The Morgan fingerprint density at radius 1 is 1.50 bits per heavy atom. The summed E-state index contributed by atoms with van der Waals surface area (Å²) in [6.45, 7) is 4.64. The van der Waals surface area contributed by atoms with Gasteiger partial charge >= 0.3 is 0 Å². The standard InChI is InChI=1S/C17H23NO3S/c1-2-16-15-6-9-22-17(15)5-7-18(16)10-13(19)11-20-12-14-4-3-8-21-14/h3-4,6,8-9,13,16,19H,2,5,7,10-12H2,1H3/t13-,16-/m1/s1. The van der Waals surface area contributed by atoms with Crippen molar-refractivity contribution in [1.29, 1.82) is 0 Å². The molecule has 120 valence electrons. The van der Waals surface area contributed by atoms with Crippen molar-refractivity contribution in [1.82, 2.24) is 4.90 Å². The lowest BCUT2D eigenvalue weighted by atomic mass is 9.97. The Labute approximate surface area is 135 Å². The van der Waals surface area contributed by atoms with Crippen LogP contribution < -0.4 is 0 Å². The highest BCUT2D eigenvalue weighted by molar-refractivity contribution is 7.10. The Morgan fingerprint density at radius 2 is 2.41 bits per heavy atom. The first kappa shape index (κ1) is 15.7. The monoisotopic (exact) mass is 321 g/mol. The van der Waals surface area contributed by atoms with Crippen LogP contribution in [0, 0.1) is 0 Å². The fraction of sp³-hybridized carbons (Fsp3) is 0.529. The van der Waals surface area contributed by atoms with E-state index in [2.05, 4.69) is 23.3 Å². The molecule has 0 amide bonds. The molecule has 0 unspecified atom stereocenters. The maximum Gasteiger partial charge on any atom is 0.129 e. The lowest BCUT2D eigenvalue weighted by Crippen LogP contribution is -2.41. The van der Waals surface area contributed by atoms with Crippen molar-refractivity contribution in [3.05, 3.63) is 46.0 Å².